The lowest BCUT2D eigenvalue weighted by atomic mass is 10.1. The average molecular weight is 234 g/mol. The fourth-order valence-electron chi connectivity index (χ4n) is 1.82. The van der Waals surface area contributed by atoms with Gasteiger partial charge in [-0.1, -0.05) is 32.0 Å². The van der Waals surface area contributed by atoms with Crippen molar-refractivity contribution >= 4 is 11.6 Å². The van der Waals surface area contributed by atoms with E-state index in [4.69, 9.17) is 5.73 Å². The molecular formula is C14H22N2O. The van der Waals surface area contributed by atoms with Crippen molar-refractivity contribution in [1.29, 1.82) is 0 Å². The Morgan fingerprint density at radius 3 is 2.53 bits per heavy atom. The van der Waals surface area contributed by atoms with Gasteiger partial charge in [-0.25, -0.2) is 0 Å². The Bertz CT molecular complexity index is 374. The first-order valence-corrected chi connectivity index (χ1v) is 6.15. The average Bonchev–Trinajstić information content (AvgIpc) is 2.28. The number of para-hydroxylation sites is 1. The van der Waals surface area contributed by atoms with E-state index in [0.717, 1.165) is 18.7 Å². The molecule has 0 heterocycles. The standard InChI is InChI=1S/C14H22N2O/c1-4-16(10-11(2)3)14(17)9-12-7-5-6-8-13(12)15/h5-8,11H,4,9-10,15H2,1-3H3. The van der Waals surface area contributed by atoms with E-state index >= 15 is 0 Å². The summed E-state index contributed by atoms with van der Waals surface area (Å²) < 4.78 is 0. The summed E-state index contributed by atoms with van der Waals surface area (Å²) >= 11 is 0. The second kappa shape index (κ2) is 6.28. The molecule has 3 nitrogen and oxygen atoms in total. The Kier molecular flexibility index (Phi) is 5.01. The highest BCUT2D eigenvalue weighted by Gasteiger charge is 2.14. The summed E-state index contributed by atoms with van der Waals surface area (Å²) in [4.78, 5) is 14.0. The quantitative estimate of drug-likeness (QED) is 0.795. The van der Waals surface area contributed by atoms with Crippen molar-refractivity contribution in [2.75, 3.05) is 18.8 Å². The van der Waals surface area contributed by atoms with Gasteiger partial charge in [0.25, 0.3) is 0 Å². The molecule has 0 aliphatic carbocycles. The van der Waals surface area contributed by atoms with Crippen LogP contribution in [0.1, 0.15) is 26.3 Å². The molecule has 0 aromatic heterocycles. The van der Waals surface area contributed by atoms with E-state index in [0.29, 0.717) is 18.0 Å². The molecule has 2 N–H and O–H groups in total. The number of anilines is 1. The Hall–Kier alpha value is -1.51. The van der Waals surface area contributed by atoms with Crippen LogP contribution in [0.15, 0.2) is 24.3 Å². The van der Waals surface area contributed by atoms with Crippen molar-refractivity contribution in [1.82, 2.24) is 4.90 Å². The zero-order valence-electron chi connectivity index (χ0n) is 10.9. The van der Waals surface area contributed by atoms with Crippen LogP contribution in [0.3, 0.4) is 0 Å². The monoisotopic (exact) mass is 234 g/mol. The highest BCUT2D eigenvalue weighted by atomic mass is 16.2. The molecule has 1 rings (SSSR count). The van der Waals surface area contributed by atoms with Crippen molar-refractivity contribution in [2.24, 2.45) is 5.92 Å². The molecule has 0 spiro atoms. The van der Waals surface area contributed by atoms with Gasteiger partial charge < -0.3 is 10.6 Å². The molecule has 0 bridgehead atoms. The fourth-order valence-corrected chi connectivity index (χ4v) is 1.82. The summed E-state index contributed by atoms with van der Waals surface area (Å²) in [5, 5.41) is 0. The number of carbonyl (C=O) groups is 1. The van der Waals surface area contributed by atoms with E-state index in [1.54, 1.807) is 0 Å². The molecule has 0 unspecified atom stereocenters. The first-order valence-electron chi connectivity index (χ1n) is 6.15. The molecule has 0 saturated carbocycles. The van der Waals surface area contributed by atoms with Crippen molar-refractivity contribution in [3.8, 4) is 0 Å². The number of likely N-dealkylation sites (N-methyl/N-ethyl adjacent to an activating group) is 1. The van der Waals surface area contributed by atoms with Crippen LogP contribution in [-0.4, -0.2) is 23.9 Å². The number of hydrogen-bond donors (Lipinski definition) is 1. The van der Waals surface area contributed by atoms with Crippen LogP contribution in [0.25, 0.3) is 0 Å². The molecule has 0 saturated heterocycles. The Morgan fingerprint density at radius 1 is 1.35 bits per heavy atom. The SMILES string of the molecule is CCN(CC(C)C)C(=O)Cc1ccccc1N. The first kappa shape index (κ1) is 13.6. The lowest BCUT2D eigenvalue weighted by molar-refractivity contribution is -0.130. The molecule has 94 valence electrons. The molecule has 17 heavy (non-hydrogen) atoms. The third-order valence-electron chi connectivity index (χ3n) is 2.72. The summed E-state index contributed by atoms with van der Waals surface area (Å²) in [5.41, 5.74) is 7.45. The van der Waals surface area contributed by atoms with E-state index in [9.17, 15) is 4.79 Å². The minimum atomic E-state index is 0.152. The zero-order valence-corrected chi connectivity index (χ0v) is 10.9. The second-order valence-corrected chi connectivity index (χ2v) is 4.70. The Labute approximate surface area is 104 Å². The van der Waals surface area contributed by atoms with Gasteiger partial charge in [0.1, 0.15) is 0 Å². The lowest BCUT2D eigenvalue weighted by Gasteiger charge is -2.23. The van der Waals surface area contributed by atoms with Crippen molar-refractivity contribution < 1.29 is 4.79 Å². The van der Waals surface area contributed by atoms with Crippen LogP contribution in [0, 0.1) is 5.92 Å². The lowest BCUT2D eigenvalue weighted by Crippen LogP contribution is -2.35. The predicted octanol–water partition coefficient (Wildman–Crippen LogP) is 2.32. The zero-order chi connectivity index (χ0) is 12.8. The number of nitrogens with two attached hydrogens (primary N) is 1. The van der Waals surface area contributed by atoms with Crippen LogP contribution in [0.2, 0.25) is 0 Å². The number of nitrogen functional groups attached to an aromatic ring is 1. The van der Waals surface area contributed by atoms with E-state index in [1.165, 1.54) is 0 Å². The minimum absolute atomic E-state index is 0.152. The van der Waals surface area contributed by atoms with Crippen LogP contribution in [0.4, 0.5) is 5.69 Å². The number of nitrogens with zero attached hydrogens (tertiary/aromatic N) is 1. The minimum Gasteiger partial charge on any atom is -0.398 e. The highest BCUT2D eigenvalue weighted by Crippen LogP contribution is 2.12. The smallest absolute Gasteiger partial charge is 0.227 e. The number of carbonyl (C=O) groups excluding carboxylic acids is 1. The Morgan fingerprint density at radius 2 is 2.00 bits per heavy atom. The molecule has 1 aromatic rings. The molecule has 0 fully saturated rings. The molecular weight excluding hydrogens is 212 g/mol. The molecule has 1 amide bonds. The van der Waals surface area contributed by atoms with Crippen molar-refractivity contribution in [3.63, 3.8) is 0 Å². The molecule has 1 aromatic carbocycles. The fraction of sp³-hybridized carbons (Fsp3) is 0.500. The van der Waals surface area contributed by atoms with Gasteiger partial charge in [-0.3, -0.25) is 4.79 Å². The summed E-state index contributed by atoms with van der Waals surface area (Å²) in [6, 6.07) is 7.55. The molecule has 3 heteroatoms. The first-order chi connectivity index (χ1) is 8.04. The Balaban J connectivity index is 2.67. The molecule has 0 atom stereocenters. The number of benzene rings is 1. The second-order valence-electron chi connectivity index (χ2n) is 4.70. The van der Waals surface area contributed by atoms with E-state index in [1.807, 2.05) is 36.1 Å². The number of amides is 1. The summed E-state index contributed by atoms with van der Waals surface area (Å²) in [5.74, 6) is 0.645. The van der Waals surface area contributed by atoms with Gasteiger partial charge in [0.05, 0.1) is 6.42 Å². The van der Waals surface area contributed by atoms with Gasteiger partial charge in [0.2, 0.25) is 5.91 Å². The topological polar surface area (TPSA) is 46.3 Å². The van der Waals surface area contributed by atoms with Crippen LogP contribution < -0.4 is 5.73 Å². The van der Waals surface area contributed by atoms with Gasteiger partial charge in [-0.2, -0.15) is 0 Å². The van der Waals surface area contributed by atoms with Crippen LogP contribution in [0.5, 0.6) is 0 Å². The van der Waals surface area contributed by atoms with E-state index in [-0.39, 0.29) is 5.91 Å². The summed E-state index contributed by atoms with van der Waals surface area (Å²) in [7, 11) is 0. The molecule has 0 radical (unpaired) electrons. The maximum atomic E-state index is 12.1. The van der Waals surface area contributed by atoms with E-state index in [2.05, 4.69) is 13.8 Å². The van der Waals surface area contributed by atoms with Gasteiger partial charge in [-0.15, -0.1) is 0 Å². The highest BCUT2D eigenvalue weighted by molar-refractivity contribution is 5.80. The van der Waals surface area contributed by atoms with Gasteiger partial charge in [0.15, 0.2) is 0 Å². The largest absolute Gasteiger partial charge is 0.398 e. The summed E-state index contributed by atoms with van der Waals surface area (Å²) in [6.07, 6.45) is 0.396. The van der Waals surface area contributed by atoms with Crippen molar-refractivity contribution in [2.45, 2.75) is 27.2 Å². The maximum Gasteiger partial charge on any atom is 0.227 e. The van der Waals surface area contributed by atoms with Crippen LogP contribution in [-0.2, 0) is 11.2 Å². The van der Waals surface area contributed by atoms with Crippen LogP contribution >= 0.6 is 0 Å². The third-order valence-corrected chi connectivity index (χ3v) is 2.72. The molecule has 0 aliphatic heterocycles. The number of rotatable bonds is 5. The van der Waals surface area contributed by atoms with E-state index < -0.39 is 0 Å². The van der Waals surface area contributed by atoms with Crippen molar-refractivity contribution in [3.05, 3.63) is 29.8 Å². The maximum absolute atomic E-state index is 12.1. The third kappa shape index (κ3) is 4.10. The van der Waals surface area contributed by atoms with Gasteiger partial charge >= 0.3 is 0 Å². The predicted molar refractivity (Wildman–Crippen MR) is 71.7 cm³/mol. The van der Waals surface area contributed by atoms with Gasteiger partial charge in [-0.05, 0) is 24.5 Å². The molecule has 0 aliphatic rings. The normalized spacial score (nSPS) is 10.6. The summed E-state index contributed by atoms with van der Waals surface area (Å²) in [6.45, 7) is 7.81. The van der Waals surface area contributed by atoms with Gasteiger partial charge in [0, 0.05) is 18.8 Å². The number of hydrogen-bond acceptors (Lipinski definition) is 2.